The van der Waals surface area contributed by atoms with Crippen LogP contribution in [0.4, 0.5) is 26.3 Å². The van der Waals surface area contributed by atoms with Crippen molar-refractivity contribution in [2.45, 2.75) is 58.0 Å². The van der Waals surface area contributed by atoms with E-state index in [1.54, 1.807) is 32.0 Å². The highest BCUT2D eigenvalue weighted by Crippen LogP contribution is 2.56. The molecule has 0 amide bonds. The molecule has 0 saturated heterocycles. The Bertz CT molecular complexity index is 869. The number of ketones is 1. The van der Waals surface area contributed by atoms with Crippen molar-refractivity contribution in [2.75, 3.05) is 0 Å². The summed E-state index contributed by atoms with van der Waals surface area (Å²) in [6, 6.07) is 4.88. The van der Waals surface area contributed by atoms with Crippen LogP contribution in [0, 0.1) is 5.41 Å². The second-order valence-corrected chi connectivity index (χ2v) is 8.03. The Morgan fingerprint density at radius 3 is 2.21 bits per heavy atom. The van der Waals surface area contributed by atoms with Gasteiger partial charge in [-0.25, -0.2) is 4.99 Å². The monoisotopic (exact) mass is 419 g/mol. The van der Waals surface area contributed by atoms with Gasteiger partial charge in [0.1, 0.15) is 5.84 Å². The van der Waals surface area contributed by atoms with Gasteiger partial charge in [0.2, 0.25) is 0 Å². The molecule has 0 aromatic carbocycles. The summed E-state index contributed by atoms with van der Waals surface area (Å²) in [7, 11) is 0. The van der Waals surface area contributed by atoms with E-state index in [-0.39, 0.29) is 18.7 Å². The lowest BCUT2D eigenvalue weighted by Crippen LogP contribution is -2.63. The summed E-state index contributed by atoms with van der Waals surface area (Å²) in [5.74, 6) is -1.65. The van der Waals surface area contributed by atoms with Crippen LogP contribution < -0.4 is 0 Å². The number of pyridine rings is 1. The first-order valence-corrected chi connectivity index (χ1v) is 8.84. The summed E-state index contributed by atoms with van der Waals surface area (Å²) in [5, 5.41) is 0. The number of Topliss-reactive ketones (excluding diaryl/α,β-unsaturated/α-hetero) is 1. The number of allylic oxidation sites excluding steroid dienone is 1. The number of carbonyl (C=O) groups is 1. The Labute approximate surface area is 163 Å². The Balaban J connectivity index is 2.28. The summed E-state index contributed by atoms with van der Waals surface area (Å²) in [4.78, 5) is 21.1. The van der Waals surface area contributed by atoms with Crippen LogP contribution in [-0.4, -0.2) is 39.4 Å². The van der Waals surface area contributed by atoms with Gasteiger partial charge in [-0.1, -0.05) is 19.9 Å². The van der Waals surface area contributed by atoms with E-state index in [1.165, 1.54) is 11.1 Å². The number of aliphatic imine (C=N–C) groups is 1. The summed E-state index contributed by atoms with van der Waals surface area (Å²) >= 11 is 0. The second-order valence-electron chi connectivity index (χ2n) is 8.03. The lowest BCUT2D eigenvalue weighted by atomic mass is 9.69. The van der Waals surface area contributed by atoms with Crippen molar-refractivity contribution in [1.29, 1.82) is 0 Å². The van der Waals surface area contributed by atoms with Crippen LogP contribution in [0.15, 0.2) is 40.7 Å². The highest BCUT2D eigenvalue weighted by Gasteiger charge is 2.76. The molecule has 29 heavy (non-hydrogen) atoms. The lowest BCUT2D eigenvalue weighted by molar-refractivity contribution is -0.283. The second kappa shape index (κ2) is 6.56. The molecule has 10 heteroatoms. The van der Waals surface area contributed by atoms with Crippen molar-refractivity contribution in [3.63, 3.8) is 0 Å². The molecule has 1 aliphatic heterocycles. The Hall–Kier alpha value is -2.39. The highest BCUT2D eigenvalue weighted by atomic mass is 19.4. The van der Waals surface area contributed by atoms with Crippen LogP contribution >= 0.6 is 0 Å². The minimum Gasteiger partial charge on any atom is -0.328 e. The number of halogens is 6. The summed E-state index contributed by atoms with van der Waals surface area (Å²) in [6.45, 7) is 4.27. The number of carbonyl (C=O) groups excluding carboxylic acids is 1. The average molecular weight is 419 g/mol. The van der Waals surface area contributed by atoms with Crippen molar-refractivity contribution >= 4 is 11.6 Å². The van der Waals surface area contributed by atoms with Gasteiger partial charge in [0.15, 0.2) is 5.78 Å². The van der Waals surface area contributed by atoms with Crippen LogP contribution in [0.25, 0.3) is 0 Å². The van der Waals surface area contributed by atoms with E-state index in [2.05, 4.69) is 9.98 Å². The maximum Gasteiger partial charge on any atom is 0.427 e. The molecule has 1 aliphatic carbocycles. The standard InChI is InChI=1S/C19H19F6N3O/c1-11-27-17(18(20,21)22,19(23,24)25)15-13(8-16(2,3)9-14(15)29)28(11)10-12-6-4-5-7-26-12/h4-7H,8-10H2,1-3H3. The first-order chi connectivity index (χ1) is 13.2. The van der Waals surface area contributed by atoms with Crippen molar-refractivity contribution in [2.24, 2.45) is 10.4 Å². The molecule has 0 N–H and O–H groups in total. The zero-order chi connectivity index (χ0) is 21.8. The maximum atomic E-state index is 13.9. The minimum atomic E-state index is -5.82. The van der Waals surface area contributed by atoms with Crippen LogP contribution in [0.3, 0.4) is 0 Å². The van der Waals surface area contributed by atoms with Gasteiger partial charge in [-0.2, -0.15) is 26.3 Å². The molecule has 158 valence electrons. The third kappa shape index (κ3) is 3.42. The molecule has 0 unspecified atom stereocenters. The fourth-order valence-corrected chi connectivity index (χ4v) is 3.92. The van der Waals surface area contributed by atoms with E-state index in [0.717, 1.165) is 6.92 Å². The Kier molecular flexibility index (Phi) is 4.83. The molecule has 3 rings (SSSR count). The number of nitrogens with zero attached hydrogens (tertiary/aromatic N) is 3. The van der Waals surface area contributed by atoms with E-state index in [9.17, 15) is 31.1 Å². The highest BCUT2D eigenvalue weighted by molar-refractivity contribution is 6.03. The van der Waals surface area contributed by atoms with E-state index in [1.807, 2.05) is 0 Å². The first-order valence-electron chi connectivity index (χ1n) is 8.84. The van der Waals surface area contributed by atoms with Gasteiger partial charge in [-0.05, 0) is 30.9 Å². The Morgan fingerprint density at radius 2 is 1.69 bits per heavy atom. The fraction of sp³-hybridized carbons (Fsp3) is 0.526. The zero-order valence-electron chi connectivity index (χ0n) is 15.9. The SMILES string of the molecule is CC1=NC(C(F)(F)F)(C(F)(F)F)C2=C(CC(C)(C)CC2=O)N1Cc1ccccn1. The third-order valence-electron chi connectivity index (χ3n) is 5.13. The van der Waals surface area contributed by atoms with Crippen molar-refractivity contribution in [3.8, 4) is 0 Å². The number of hydrogen-bond donors (Lipinski definition) is 0. The Morgan fingerprint density at radius 1 is 1.07 bits per heavy atom. The fourth-order valence-electron chi connectivity index (χ4n) is 3.92. The molecule has 0 radical (unpaired) electrons. The molecule has 0 spiro atoms. The zero-order valence-corrected chi connectivity index (χ0v) is 15.9. The van der Waals surface area contributed by atoms with Gasteiger partial charge in [0.05, 0.1) is 17.8 Å². The number of alkyl halides is 6. The third-order valence-corrected chi connectivity index (χ3v) is 5.13. The van der Waals surface area contributed by atoms with Crippen LogP contribution in [-0.2, 0) is 11.3 Å². The number of rotatable bonds is 2. The molecule has 0 fully saturated rings. The quantitative estimate of drug-likeness (QED) is 0.646. The molecule has 0 saturated carbocycles. The molecule has 2 aliphatic rings. The topological polar surface area (TPSA) is 45.6 Å². The van der Waals surface area contributed by atoms with Gasteiger partial charge >= 0.3 is 12.4 Å². The van der Waals surface area contributed by atoms with Gasteiger partial charge in [0.25, 0.3) is 5.54 Å². The van der Waals surface area contributed by atoms with E-state index >= 15 is 0 Å². The molecular weight excluding hydrogens is 400 g/mol. The molecule has 0 atom stereocenters. The van der Waals surface area contributed by atoms with E-state index in [0.29, 0.717) is 5.69 Å². The number of aromatic nitrogens is 1. The van der Waals surface area contributed by atoms with Gasteiger partial charge in [-0.3, -0.25) is 9.78 Å². The molecular formula is C19H19F6N3O. The van der Waals surface area contributed by atoms with E-state index < -0.39 is 46.9 Å². The molecule has 4 nitrogen and oxygen atoms in total. The average Bonchev–Trinajstić information content (AvgIpc) is 2.55. The molecule has 1 aromatic heterocycles. The predicted octanol–water partition coefficient (Wildman–Crippen LogP) is 4.82. The van der Waals surface area contributed by atoms with Gasteiger partial charge < -0.3 is 4.90 Å². The summed E-state index contributed by atoms with van der Waals surface area (Å²) in [6.07, 6.45) is -10.7. The summed E-state index contributed by atoms with van der Waals surface area (Å²) in [5.41, 5.74) is -6.54. The summed E-state index contributed by atoms with van der Waals surface area (Å²) < 4.78 is 83.5. The van der Waals surface area contributed by atoms with Crippen molar-refractivity contribution < 1.29 is 31.1 Å². The van der Waals surface area contributed by atoms with Gasteiger partial charge in [0, 0.05) is 18.3 Å². The molecule has 0 bridgehead atoms. The van der Waals surface area contributed by atoms with Crippen molar-refractivity contribution in [3.05, 3.63) is 41.4 Å². The smallest absolute Gasteiger partial charge is 0.328 e. The van der Waals surface area contributed by atoms with Crippen LogP contribution in [0.2, 0.25) is 0 Å². The number of amidine groups is 1. The largest absolute Gasteiger partial charge is 0.427 e. The minimum absolute atomic E-state index is 0.0931. The lowest BCUT2D eigenvalue weighted by Gasteiger charge is -2.47. The van der Waals surface area contributed by atoms with Gasteiger partial charge in [-0.15, -0.1) is 0 Å². The van der Waals surface area contributed by atoms with Crippen LogP contribution in [0.5, 0.6) is 0 Å². The first kappa shape index (κ1) is 21.3. The predicted molar refractivity (Wildman–Crippen MR) is 92.8 cm³/mol. The maximum absolute atomic E-state index is 13.9. The van der Waals surface area contributed by atoms with Crippen LogP contribution in [0.1, 0.15) is 39.3 Å². The number of hydrogen-bond acceptors (Lipinski definition) is 4. The van der Waals surface area contributed by atoms with E-state index in [4.69, 9.17) is 0 Å². The molecule has 1 aromatic rings. The molecule has 2 heterocycles. The van der Waals surface area contributed by atoms with Crippen molar-refractivity contribution in [1.82, 2.24) is 9.88 Å². The normalized spacial score (nSPS) is 21.8.